The van der Waals surface area contributed by atoms with Crippen molar-refractivity contribution in [3.63, 3.8) is 0 Å². The largest absolute Gasteiger partial charge is 0.478 e. The van der Waals surface area contributed by atoms with Gasteiger partial charge in [0.05, 0.1) is 17.4 Å². The molecule has 0 fully saturated rings. The summed E-state index contributed by atoms with van der Waals surface area (Å²) >= 11 is 0. The molecular formula is C10H11N5O3. The van der Waals surface area contributed by atoms with Gasteiger partial charge in [0.15, 0.2) is 5.82 Å². The fourth-order valence-electron chi connectivity index (χ4n) is 1.35. The number of carboxylic acid groups (broad SMARTS) is 1. The third kappa shape index (κ3) is 2.73. The summed E-state index contributed by atoms with van der Waals surface area (Å²) in [6.45, 7) is 0.509. The lowest BCUT2D eigenvalue weighted by molar-refractivity contribution is 0.0698. The summed E-state index contributed by atoms with van der Waals surface area (Å²) in [6, 6.07) is 1.38. The van der Waals surface area contributed by atoms with Gasteiger partial charge >= 0.3 is 5.97 Å². The van der Waals surface area contributed by atoms with Crippen LogP contribution in [0.5, 0.6) is 0 Å². The highest BCUT2D eigenvalue weighted by Crippen LogP contribution is 2.14. The van der Waals surface area contributed by atoms with Crippen LogP contribution in [0, 0.1) is 0 Å². The Labute approximate surface area is 102 Å². The summed E-state index contributed by atoms with van der Waals surface area (Å²) in [5.74, 6) is -0.0855. The summed E-state index contributed by atoms with van der Waals surface area (Å²) < 4.78 is 4.58. The number of rotatable bonds is 5. The van der Waals surface area contributed by atoms with Gasteiger partial charge in [-0.25, -0.2) is 9.78 Å². The molecule has 0 atom stereocenters. The molecule has 8 heteroatoms. The van der Waals surface area contributed by atoms with Crippen molar-refractivity contribution in [2.75, 3.05) is 17.6 Å². The molecule has 0 saturated heterocycles. The molecule has 2 heterocycles. The van der Waals surface area contributed by atoms with Crippen molar-refractivity contribution < 1.29 is 14.4 Å². The van der Waals surface area contributed by atoms with Crippen molar-refractivity contribution in [2.45, 2.75) is 6.42 Å². The number of aromatic carboxylic acids is 1. The summed E-state index contributed by atoms with van der Waals surface area (Å²) in [5.41, 5.74) is 5.64. The predicted octanol–water partition coefficient (Wildman–Crippen LogP) is 0.400. The molecule has 2 rings (SSSR count). The summed E-state index contributed by atoms with van der Waals surface area (Å²) in [5, 5.41) is 15.5. The van der Waals surface area contributed by atoms with Crippen LogP contribution in [0.2, 0.25) is 0 Å². The standard InChI is InChI=1S/C10H11N5O3/c11-7-4-13-9(3-6(7)10(16)17)12-2-1-8-14-5-18-15-8/h3-5H,1-2,11H2,(H,12,13)(H,16,17). The maximum absolute atomic E-state index is 10.9. The molecular weight excluding hydrogens is 238 g/mol. The molecule has 2 aromatic heterocycles. The van der Waals surface area contributed by atoms with E-state index < -0.39 is 5.97 Å². The van der Waals surface area contributed by atoms with Crippen molar-refractivity contribution >= 4 is 17.5 Å². The van der Waals surface area contributed by atoms with E-state index in [-0.39, 0.29) is 11.3 Å². The first-order chi connectivity index (χ1) is 8.66. The Morgan fingerprint density at radius 2 is 2.33 bits per heavy atom. The molecule has 0 aliphatic rings. The van der Waals surface area contributed by atoms with Crippen molar-refractivity contribution in [1.29, 1.82) is 0 Å². The monoisotopic (exact) mass is 249 g/mol. The Kier molecular flexibility index (Phi) is 3.37. The van der Waals surface area contributed by atoms with E-state index in [1.807, 2.05) is 0 Å². The molecule has 2 aromatic rings. The molecule has 94 valence electrons. The lowest BCUT2D eigenvalue weighted by atomic mass is 10.2. The lowest BCUT2D eigenvalue weighted by Gasteiger charge is -2.06. The normalized spacial score (nSPS) is 10.2. The Morgan fingerprint density at radius 1 is 1.50 bits per heavy atom. The van der Waals surface area contributed by atoms with E-state index in [9.17, 15) is 4.79 Å². The van der Waals surface area contributed by atoms with E-state index in [1.54, 1.807) is 0 Å². The number of aromatic nitrogens is 3. The van der Waals surface area contributed by atoms with E-state index in [2.05, 4.69) is 25.0 Å². The van der Waals surface area contributed by atoms with Crippen LogP contribution in [0.4, 0.5) is 11.5 Å². The zero-order chi connectivity index (χ0) is 13.0. The summed E-state index contributed by atoms with van der Waals surface area (Å²) in [7, 11) is 0. The number of hydrogen-bond acceptors (Lipinski definition) is 7. The number of nitrogens with zero attached hydrogens (tertiary/aromatic N) is 3. The van der Waals surface area contributed by atoms with E-state index in [4.69, 9.17) is 10.8 Å². The van der Waals surface area contributed by atoms with Gasteiger partial charge in [0.1, 0.15) is 5.82 Å². The number of nitrogens with two attached hydrogens (primary N) is 1. The first-order valence-electron chi connectivity index (χ1n) is 5.15. The number of anilines is 2. The number of carboxylic acids is 1. The number of carbonyl (C=O) groups is 1. The maximum Gasteiger partial charge on any atom is 0.337 e. The second kappa shape index (κ2) is 5.13. The maximum atomic E-state index is 10.9. The topological polar surface area (TPSA) is 127 Å². The first kappa shape index (κ1) is 11.8. The molecule has 0 radical (unpaired) electrons. The average molecular weight is 249 g/mol. The van der Waals surface area contributed by atoms with Gasteiger partial charge in [0.2, 0.25) is 6.39 Å². The van der Waals surface area contributed by atoms with E-state index in [0.717, 1.165) is 0 Å². The van der Waals surface area contributed by atoms with Crippen molar-refractivity contribution in [3.05, 3.63) is 30.0 Å². The fourth-order valence-corrected chi connectivity index (χ4v) is 1.35. The van der Waals surface area contributed by atoms with Crippen LogP contribution in [0.3, 0.4) is 0 Å². The van der Waals surface area contributed by atoms with Gasteiger partial charge in [0, 0.05) is 13.0 Å². The molecule has 0 aliphatic carbocycles. The highest BCUT2D eigenvalue weighted by Gasteiger charge is 2.09. The fraction of sp³-hybridized carbons (Fsp3) is 0.200. The Balaban J connectivity index is 1.97. The number of pyridine rings is 1. The van der Waals surface area contributed by atoms with Crippen LogP contribution in [0.25, 0.3) is 0 Å². The van der Waals surface area contributed by atoms with Gasteiger partial charge in [-0.1, -0.05) is 5.16 Å². The second-order valence-electron chi connectivity index (χ2n) is 3.49. The molecule has 0 aromatic carbocycles. The number of nitrogen functional groups attached to an aromatic ring is 1. The molecule has 18 heavy (non-hydrogen) atoms. The molecule has 0 unspecified atom stereocenters. The van der Waals surface area contributed by atoms with Crippen LogP contribution in [0.1, 0.15) is 16.2 Å². The van der Waals surface area contributed by atoms with Gasteiger partial charge in [0.25, 0.3) is 0 Å². The Morgan fingerprint density at radius 3 is 3.00 bits per heavy atom. The van der Waals surface area contributed by atoms with Gasteiger partial charge < -0.3 is 20.7 Å². The SMILES string of the molecule is Nc1cnc(NCCc2ncon2)cc1C(=O)O. The van der Waals surface area contributed by atoms with E-state index in [0.29, 0.717) is 24.6 Å². The Bertz CT molecular complexity index is 540. The number of hydrogen-bond donors (Lipinski definition) is 3. The minimum absolute atomic E-state index is 0.0204. The Hall–Kier alpha value is -2.64. The molecule has 8 nitrogen and oxygen atoms in total. The molecule has 0 bridgehead atoms. The zero-order valence-corrected chi connectivity index (χ0v) is 9.33. The highest BCUT2D eigenvalue weighted by atomic mass is 16.5. The second-order valence-corrected chi connectivity index (χ2v) is 3.49. The van der Waals surface area contributed by atoms with E-state index >= 15 is 0 Å². The molecule has 0 aliphatic heterocycles. The van der Waals surface area contributed by atoms with E-state index in [1.165, 1.54) is 18.7 Å². The van der Waals surface area contributed by atoms with Gasteiger partial charge in [-0.05, 0) is 6.07 Å². The van der Waals surface area contributed by atoms with Crippen molar-refractivity contribution in [3.8, 4) is 0 Å². The van der Waals surface area contributed by atoms with Gasteiger partial charge in [-0.2, -0.15) is 4.98 Å². The minimum atomic E-state index is -1.09. The molecule has 0 spiro atoms. The third-order valence-corrected chi connectivity index (χ3v) is 2.23. The average Bonchev–Trinajstić information content (AvgIpc) is 2.84. The molecule has 0 amide bonds. The quantitative estimate of drug-likeness (QED) is 0.694. The lowest BCUT2D eigenvalue weighted by Crippen LogP contribution is -2.10. The van der Waals surface area contributed by atoms with Crippen LogP contribution < -0.4 is 11.1 Å². The van der Waals surface area contributed by atoms with Crippen LogP contribution >= 0.6 is 0 Å². The minimum Gasteiger partial charge on any atom is -0.478 e. The van der Waals surface area contributed by atoms with Crippen molar-refractivity contribution in [1.82, 2.24) is 15.1 Å². The third-order valence-electron chi connectivity index (χ3n) is 2.23. The molecule has 0 saturated carbocycles. The smallest absolute Gasteiger partial charge is 0.337 e. The van der Waals surface area contributed by atoms with Gasteiger partial charge in [-0.15, -0.1) is 0 Å². The summed E-state index contributed by atoms with van der Waals surface area (Å²) in [6.07, 6.45) is 3.10. The van der Waals surface area contributed by atoms with Gasteiger partial charge in [-0.3, -0.25) is 0 Å². The molecule has 4 N–H and O–H groups in total. The number of nitrogens with one attached hydrogen (secondary N) is 1. The van der Waals surface area contributed by atoms with Crippen LogP contribution in [-0.4, -0.2) is 32.7 Å². The van der Waals surface area contributed by atoms with Crippen LogP contribution in [0.15, 0.2) is 23.2 Å². The van der Waals surface area contributed by atoms with Crippen LogP contribution in [-0.2, 0) is 6.42 Å². The van der Waals surface area contributed by atoms with Crippen molar-refractivity contribution in [2.24, 2.45) is 0 Å². The first-order valence-corrected chi connectivity index (χ1v) is 5.15. The summed E-state index contributed by atoms with van der Waals surface area (Å²) in [4.78, 5) is 18.7. The predicted molar refractivity (Wildman–Crippen MR) is 62.1 cm³/mol. The zero-order valence-electron chi connectivity index (χ0n) is 9.33. The highest BCUT2D eigenvalue weighted by molar-refractivity contribution is 5.94.